The molecule has 0 spiro atoms. The predicted molar refractivity (Wildman–Crippen MR) is 202 cm³/mol. The smallest absolute Gasteiger partial charge is 0.407 e. The van der Waals surface area contributed by atoms with Crippen molar-refractivity contribution >= 4 is 23.8 Å². The van der Waals surface area contributed by atoms with E-state index in [1.54, 1.807) is 17.1 Å². The van der Waals surface area contributed by atoms with Crippen LogP contribution >= 0.6 is 0 Å². The molecular weight excluding hydrogens is 672 g/mol. The maximum Gasteiger partial charge on any atom is 0.407 e. The van der Waals surface area contributed by atoms with Gasteiger partial charge >= 0.3 is 12.0 Å². The van der Waals surface area contributed by atoms with Crippen LogP contribution in [0.1, 0.15) is 64.2 Å². The fraction of sp³-hybridized carbons (Fsp3) is 0.439. The largest absolute Gasteiger partial charge is 0.453 e. The summed E-state index contributed by atoms with van der Waals surface area (Å²) in [4.78, 5) is 57.2. The monoisotopic (exact) mass is 725 g/mol. The van der Waals surface area contributed by atoms with Crippen molar-refractivity contribution in [2.24, 2.45) is 16.4 Å². The molecule has 0 unspecified atom stereocenters. The van der Waals surface area contributed by atoms with Crippen molar-refractivity contribution in [1.29, 1.82) is 0 Å². The molecule has 4 N–H and O–H groups in total. The van der Waals surface area contributed by atoms with E-state index >= 15 is 0 Å². The highest BCUT2D eigenvalue weighted by Gasteiger charge is 2.40. The topological polar surface area (TPSA) is 162 Å². The van der Waals surface area contributed by atoms with Crippen molar-refractivity contribution < 1.29 is 33.7 Å². The van der Waals surface area contributed by atoms with Gasteiger partial charge in [-0.05, 0) is 52.5 Å². The number of nitrogens with one attached hydrogen (secondary N) is 3. The third-order valence-corrected chi connectivity index (χ3v) is 9.21. The van der Waals surface area contributed by atoms with Crippen LogP contribution in [-0.4, -0.2) is 76.5 Å². The Morgan fingerprint density at radius 2 is 1.74 bits per heavy atom. The van der Waals surface area contributed by atoms with Gasteiger partial charge in [-0.2, -0.15) is 0 Å². The molecule has 12 nitrogen and oxygen atoms in total. The zero-order chi connectivity index (χ0) is 38.6. The molecule has 0 saturated carbocycles. The molecule has 4 amide bonds. The first-order valence-corrected chi connectivity index (χ1v) is 18.1. The van der Waals surface area contributed by atoms with Gasteiger partial charge in [0.05, 0.1) is 7.11 Å². The Bertz CT molecular complexity index is 1770. The van der Waals surface area contributed by atoms with Crippen LogP contribution in [0, 0.1) is 11.3 Å². The number of rotatable bonds is 10. The zero-order valence-electron chi connectivity index (χ0n) is 31.6. The Morgan fingerprint density at radius 1 is 1.04 bits per heavy atom. The van der Waals surface area contributed by atoms with Crippen molar-refractivity contribution in [3.63, 3.8) is 0 Å². The number of aromatic nitrogens is 1. The minimum Gasteiger partial charge on any atom is -0.453 e. The van der Waals surface area contributed by atoms with Gasteiger partial charge in [0, 0.05) is 42.5 Å². The molecule has 0 radical (unpaired) electrons. The van der Waals surface area contributed by atoms with E-state index in [4.69, 9.17) is 4.74 Å². The van der Waals surface area contributed by atoms with E-state index in [0.717, 1.165) is 27.8 Å². The van der Waals surface area contributed by atoms with Crippen LogP contribution in [0.15, 0.2) is 90.3 Å². The Labute approximate surface area is 312 Å². The summed E-state index contributed by atoms with van der Waals surface area (Å²) in [5.74, 6) is -1.79. The molecule has 2 aromatic carbocycles. The third-order valence-electron chi connectivity index (χ3n) is 9.21. The molecule has 2 bridgehead atoms. The number of hydrogen-bond acceptors (Lipinski definition) is 7. The lowest BCUT2D eigenvalue weighted by Gasteiger charge is -2.30. The Hall–Kier alpha value is -5.23. The lowest BCUT2D eigenvalue weighted by atomic mass is 9.86. The first kappa shape index (κ1) is 40.5. The summed E-state index contributed by atoms with van der Waals surface area (Å²) in [7, 11) is 1.23. The maximum absolute atomic E-state index is 14.0. The average Bonchev–Trinajstić information content (AvgIpc) is 3.13. The number of carbonyl (C=O) groups excluding carboxylic acids is 4. The number of alkyl carbamates (subject to hydrolysis) is 1. The molecule has 2 aliphatic rings. The van der Waals surface area contributed by atoms with E-state index in [1.807, 2.05) is 107 Å². The van der Waals surface area contributed by atoms with Crippen molar-refractivity contribution in [2.75, 3.05) is 20.2 Å². The molecule has 53 heavy (non-hydrogen) atoms. The summed E-state index contributed by atoms with van der Waals surface area (Å²) in [5.41, 5.74) is 2.07. The van der Waals surface area contributed by atoms with Gasteiger partial charge in [0.2, 0.25) is 5.91 Å². The highest BCUT2D eigenvalue weighted by Crippen LogP contribution is 2.24. The second-order valence-electron chi connectivity index (χ2n) is 14.9. The molecule has 1 aromatic heterocycles. The number of carbonyl (C=O) groups is 4. The van der Waals surface area contributed by atoms with Gasteiger partial charge in [-0.25, -0.2) is 4.79 Å². The second-order valence-corrected chi connectivity index (χ2v) is 14.9. The van der Waals surface area contributed by atoms with Gasteiger partial charge in [-0.15, -0.1) is 4.70 Å². The van der Waals surface area contributed by atoms with E-state index in [1.165, 1.54) is 7.11 Å². The first-order chi connectivity index (χ1) is 25.2. The highest BCUT2D eigenvalue weighted by molar-refractivity contribution is 5.91. The number of nitrogens with zero attached hydrogens (tertiary/aromatic N) is 3. The van der Waals surface area contributed by atoms with E-state index in [9.17, 15) is 24.3 Å². The molecule has 3 atom stereocenters. The van der Waals surface area contributed by atoms with Gasteiger partial charge in [0.25, 0.3) is 5.91 Å². The molecule has 3 aromatic rings. The minimum absolute atomic E-state index is 0.0117. The number of hydrogen-bond donors (Lipinski definition) is 4. The number of methoxy groups -OCH3 is 1. The van der Waals surface area contributed by atoms with Gasteiger partial charge in [-0.3, -0.25) is 19.4 Å². The molecule has 12 heteroatoms. The summed E-state index contributed by atoms with van der Waals surface area (Å²) in [6, 6.07) is 17.6. The molecule has 3 heterocycles. The first-order valence-electron chi connectivity index (χ1n) is 18.1. The van der Waals surface area contributed by atoms with Gasteiger partial charge in [0.15, 0.2) is 13.1 Å². The number of aliphatic hydroxyl groups is 1. The summed E-state index contributed by atoms with van der Waals surface area (Å²) >= 11 is 0. The van der Waals surface area contributed by atoms with Gasteiger partial charge in [0.1, 0.15) is 17.7 Å². The van der Waals surface area contributed by atoms with E-state index in [0.29, 0.717) is 13.0 Å². The van der Waals surface area contributed by atoms with E-state index in [-0.39, 0.29) is 44.2 Å². The molecule has 0 aliphatic carbocycles. The predicted octanol–water partition coefficient (Wildman–Crippen LogP) is 5.13. The standard InChI is InChI=1S/C41H52N6O6/c1-28(2)34-36(48)43-23-8-7-11-29-13-15-30(16-14-29)25-41(52,38(50)44-34)21-10-24-47(46-37(49)35(40(3,4)5)45-39(51)53-6)27-31-17-19-32(20-18-31)33-12-9-22-42-26-33/h7-9,12-20,22,26,28,34-35,52H,10-11,21,23-25,27H2,1-6H3,(H2-,43,44,45,48,50,51)/p+1/b8-7-,47-46?/t34-,35+,41+/m0/s1. The van der Waals surface area contributed by atoms with Crippen molar-refractivity contribution in [3.05, 3.63) is 102 Å². The lowest BCUT2D eigenvalue weighted by Crippen LogP contribution is -2.57. The molecule has 2 aliphatic heterocycles. The van der Waals surface area contributed by atoms with E-state index in [2.05, 4.69) is 26.0 Å². The number of azo groups is 2. The van der Waals surface area contributed by atoms with Crippen LogP contribution in [0.2, 0.25) is 0 Å². The third kappa shape index (κ3) is 11.9. The van der Waals surface area contributed by atoms with E-state index < -0.39 is 41.0 Å². The number of pyridine rings is 1. The fourth-order valence-electron chi connectivity index (χ4n) is 6.08. The second kappa shape index (κ2) is 18.5. The van der Waals surface area contributed by atoms with Crippen molar-refractivity contribution in [2.45, 2.75) is 84.5 Å². The molecule has 282 valence electrons. The number of ether oxygens (including phenoxy) is 1. The molecule has 5 rings (SSSR count). The number of allylic oxidation sites excluding steroid dienone is 1. The summed E-state index contributed by atoms with van der Waals surface area (Å²) in [6.07, 6.45) is 7.59. The number of amides is 4. The fourth-order valence-corrected chi connectivity index (χ4v) is 6.08. The Balaban J connectivity index is 1.63. The zero-order valence-corrected chi connectivity index (χ0v) is 31.6. The molecule has 0 fully saturated rings. The molecular formula is C41H53N6O6+. The van der Waals surface area contributed by atoms with Crippen molar-refractivity contribution in [1.82, 2.24) is 20.9 Å². The van der Waals surface area contributed by atoms with Crippen LogP contribution in [-0.2, 0) is 38.5 Å². The van der Waals surface area contributed by atoms with Gasteiger partial charge < -0.3 is 25.8 Å². The molecule has 0 saturated heterocycles. The highest BCUT2D eigenvalue weighted by atomic mass is 16.5. The quantitative estimate of drug-likeness (QED) is 0.128. The normalized spacial score (nSPS) is 19.7. The number of fused-ring (bicyclic) bond motifs is 11. The lowest BCUT2D eigenvalue weighted by molar-refractivity contribution is -0.605. The Kier molecular flexibility index (Phi) is 14.2. The SMILES string of the molecule is COC(=O)N[C@H](C(=O)N=[N+](CCC[C@@]1(O)Cc2ccc(cc2)C/C=C\CNC(=O)[C@H](C(C)C)NC1=O)Cc1ccc(-c2cccnc2)cc1)C(C)(C)C. The summed E-state index contributed by atoms with van der Waals surface area (Å²) in [6.45, 7) is 9.88. The Morgan fingerprint density at radius 3 is 2.36 bits per heavy atom. The van der Waals surface area contributed by atoms with Crippen molar-refractivity contribution in [3.8, 4) is 11.1 Å². The summed E-state index contributed by atoms with van der Waals surface area (Å²) < 4.78 is 6.37. The van der Waals surface area contributed by atoms with Crippen LogP contribution in [0.4, 0.5) is 4.79 Å². The van der Waals surface area contributed by atoms with Crippen LogP contribution in [0.3, 0.4) is 0 Å². The maximum atomic E-state index is 14.0. The number of benzene rings is 2. The minimum atomic E-state index is -1.88. The summed E-state index contributed by atoms with van der Waals surface area (Å²) in [5, 5.41) is 24.9. The average molecular weight is 726 g/mol. The van der Waals surface area contributed by atoms with Crippen LogP contribution < -0.4 is 16.0 Å². The van der Waals surface area contributed by atoms with Crippen LogP contribution in [0.25, 0.3) is 11.1 Å². The van der Waals surface area contributed by atoms with Crippen LogP contribution in [0.5, 0.6) is 0 Å². The van der Waals surface area contributed by atoms with Gasteiger partial charge in [-0.1, -0.05) is 101 Å².